The van der Waals surface area contributed by atoms with E-state index in [2.05, 4.69) is 5.32 Å². The maximum atomic E-state index is 11.5. The van der Waals surface area contributed by atoms with Gasteiger partial charge in [-0.15, -0.1) is 0 Å². The molecule has 1 fully saturated rings. The third-order valence-corrected chi connectivity index (χ3v) is 2.86. The van der Waals surface area contributed by atoms with Gasteiger partial charge < -0.3 is 5.32 Å². The number of nitriles is 1. The van der Waals surface area contributed by atoms with Crippen LogP contribution in [0.1, 0.15) is 24.8 Å². The summed E-state index contributed by atoms with van der Waals surface area (Å²) in [7, 11) is 0. The van der Waals surface area contributed by atoms with Gasteiger partial charge in [0.15, 0.2) is 0 Å². The first-order chi connectivity index (χ1) is 7.69. The van der Waals surface area contributed by atoms with Gasteiger partial charge in [-0.05, 0) is 37.0 Å². The van der Waals surface area contributed by atoms with Crippen molar-refractivity contribution in [2.45, 2.75) is 19.3 Å². The maximum absolute atomic E-state index is 11.5. The summed E-state index contributed by atoms with van der Waals surface area (Å²) in [5.74, 6) is 0.547. The Morgan fingerprint density at radius 1 is 1.56 bits per heavy atom. The van der Waals surface area contributed by atoms with E-state index in [0.29, 0.717) is 28.6 Å². The molecule has 0 radical (unpaired) electrons. The monoisotopic (exact) mass is 234 g/mol. The highest BCUT2D eigenvalue weighted by Crippen LogP contribution is 2.33. The van der Waals surface area contributed by atoms with Gasteiger partial charge in [0, 0.05) is 6.42 Å². The quantitative estimate of drug-likeness (QED) is 0.874. The summed E-state index contributed by atoms with van der Waals surface area (Å²) in [5.41, 5.74) is 1.07. The fourth-order valence-corrected chi connectivity index (χ4v) is 1.70. The molecule has 0 heterocycles. The molecule has 1 aromatic carbocycles. The molecule has 4 heteroatoms. The number of anilines is 1. The largest absolute Gasteiger partial charge is 0.325 e. The number of hydrogen-bond acceptors (Lipinski definition) is 2. The van der Waals surface area contributed by atoms with E-state index in [1.807, 2.05) is 6.07 Å². The lowest BCUT2D eigenvalue weighted by Crippen LogP contribution is -2.12. The normalized spacial score (nSPS) is 14.2. The molecule has 0 atom stereocenters. The minimum atomic E-state index is -0.00546. The molecule has 1 amide bonds. The van der Waals surface area contributed by atoms with Gasteiger partial charge in [0.25, 0.3) is 0 Å². The van der Waals surface area contributed by atoms with Crippen LogP contribution in [0.25, 0.3) is 0 Å². The van der Waals surface area contributed by atoms with E-state index in [-0.39, 0.29) is 5.91 Å². The van der Waals surface area contributed by atoms with Gasteiger partial charge in [-0.3, -0.25) is 4.79 Å². The van der Waals surface area contributed by atoms with Gasteiger partial charge in [0.05, 0.1) is 22.3 Å². The van der Waals surface area contributed by atoms with Gasteiger partial charge >= 0.3 is 0 Å². The van der Waals surface area contributed by atoms with Crippen molar-refractivity contribution >= 4 is 23.2 Å². The van der Waals surface area contributed by atoms with Crippen molar-refractivity contribution in [3.8, 4) is 6.07 Å². The molecule has 0 spiro atoms. The first-order valence-electron chi connectivity index (χ1n) is 5.18. The average molecular weight is 235 g/mol. The van der Waals surface area contributed by atoms with E-state index in [9.17, 15) is 4.79 Å². The van der Waals surface area contributed by atoms with Crippen LogP contribution in [-0.4, -0.2) is 5.91 Å². The molecule has 1 N–H and O–H groups in total. The molecular formula is C12H11ClN2O. The van der Waals surface area contributed by atoms with Gasteiger partial charge in [0.2, 0.25) is 5.91 Å². The van der Waals surface area contributed by atoms with Crippen molar-refractivity contribution in [1.82, 2.24) is 0 Å². The number of rotatable bonds is 3. The van der Waals surface area contributed by atoms with E-state index in [0.717, 1.165) is 12.8 Å². The van der Waals surface area contributed by atoms with Crippen LogP contribution in [0.2, 0.25) is 5.02 Å². The molecule has 82 valence electrons. The first kappa shape index (κ1) is 11.0. The topological polar surface area (TPSA) is 52.9 Å². The van der Waals surface area contributed by atoms with Crippen LogP contribution in [0, 0.1) is 17.2 Å². The smallest absolute Gasteiger partial charge is 0.224 e. The molecule has 16 heavy (non-hydrogen) atoms. The molecule has 1 aliphatic rings. The molecule has 1 saturated carbocycles. The highest BCUT2D eigenvalue weighted by molar-refractivity contribution is 6.33. The average Bonchev–Trinajstić information content (AvgIpc) is 3.05. The zero-order valence-electron chi connectivity index (χ0n) is 8.66. The second-order valence-electron chi connectivity index (χ2n) is 4.00. The fraction of sp³-hybridized carbons (Fsp3) is 0.333. The van der Waals surface area contributed by atoms with Crippen molar-refractivity contribution in [2.75, 3.05) is 5.32 Å². The van der Waals surface area contributed by atoms with Crippen LogP contribution < -0.4 is 5.32 Å². The Morgan fingerprint density at radius 2 is 2.31 bits per heavy atom. The summed E-state index contributed by atoms with van der Waals surface area (Å²) >= 11 is 5.94. The Labute approximate surface area is 99.0 Å². The summed E-state index contributed by atoms with van der Waals surface area (Å²) in [6, 6.07) is 6.84. The molecule has 0 aromatic heterocycles. The summed E-state index contributed by atoms with van der Waals surface area (Å²) in [6.07, 6.45) is 2.86. The Morgan fingerprint density at radius 3 is 2.88 bits per heavy atom. The Balaban J connectivity index is 2.03. The molecular weight excluding hydrogens is 224 g/mol. The number of nitrogens with zero attached hydrogens (tertiary/aromatic N) is 1. The third kappa shape index (κ3) is 2.74. The van der Waals surface area contributed by atoms with Crippen LogP contribution in [0.15, 0.2) is 18.2 Å². The number of nitrogens with one attached hydrogen (secondary N) is 1. The molecule has 2 rings (SSSR count). The minimum Gasteiger partial charge on any atom is -0.325 e. The Hall–Kier alpha value is -1.53. The standard InChI is InChI=1S/C12H11ClN2O/c13-10-5-9(7-14)3-4-11(10)15-12(16)6-8-1-2-8/h3-5,8H,1-2,6H2,(H,15,16). The summed E-state index contributed by atoms with van der Waals surface area (Å²) in [6.45, 7) is 0. The molecule has 0 aliphatic heterocycles. The summed E-state index contributed by atoms with van der Waals surface area (Å²) in [5, 5.41) is 11.8. The van der Waals surface area contributed by atoms with Crippen molar-refractivity contribution < 1.29 is 4.79 Å². The molecule has 3 nitrogen and oxygen atoms in total. The zero-order chi connectivity index (χ0) is 11.5. The zero-order valence-corrected chi connectivity index (χ0v) is 9.42. The number of benzene rings is 1. The predicted octanol–water partition coefficient (Wildman–Crippen LogP) is 2.95. The number of carbonyl (C=O) groups is 1. The maximum Gasteiger partial charge on any atom is 0.224 e. The lowest BCUT2D eigenvalue weighted by atomic mass is 10.2. The van der Waals surface area contributed by atoms with Crippen molar-refractivity contribution in [3.63, 3.8) is 0 Å². The van der Waals surface area contributed by atoms with E-state index >= 15 is 0 Å². The lowest BCUT2D eigenvalue weighted by molar-refractivity contribution is -0.116. The van der Waals surface area contributed by atoms with Crippen LogP contribution >= 0.6 is 11.6 Å². The van der Waals surface area contributed by atoms with Crippen molar-refractivity contribution in [1.29, 1.82) is 5.26 Å². The number of halogens is 1. The van der Waals surface area contributed by atoms with Crippen LogP contribution in [0.5, 0.6) is 0 Å². The molecule has 1 aliphatic carbocycles. The highest BCUT2D eigenvalue weighted by atomic mass is 35.5. The number of hydrogen-bond donors (Lipinski definition) is 1. The Bertz CT molecular complexity index is 461. The van der Waals surface area contributed by atoms with Crippen LogP contribution in [0.4, 0.5) is 5.69 Å². The van der Waals surface area contributed by atoms with Crippen LogP contribution in [-0.2, 0) is 4.79 Å². The number of carbonyl (C=O) groups excluding carboxylic acids is 1. The van der Waals surface area contributed by atoms with Crippen molar-refractivity contribution in [3.05, 3.63) is 28.8 Å². The van der Waals surface area contributed by atoms with Crippen LogP contribution in [0.3, 0.4) is 0 Å². The predicted molar refractivity (Wildman–Crippen MR) is 62.1 cm³/mol. The molecule has 0 saturated heterocycles. The lowest BCUT2D eigenvalue weighted by Gasteiger charge is -2.06. The third-order valence-electron chi connectivity index (χ3n) is 2.54. The molecule has 0 unspecified atom stereocenters. The summed E-state index contributed by atoms with van der Waals surface area (Å²) < 4.78 is 0. The van der Waals surface area contributed by atoms with E-state index < -0.39 is 0 Å². The second kappa shape index (κ2) is 4.54. The highest BCUT2D eigenvalue weighted by Gasteiger charge is 2.24. The minimum absolute atomic E-state index is 0.00546. The van der Waals surface area contributed by atoms with E-state index in [1.54, 1.807) is 18.2 Å². The summed E-state index contributed by atoms with van der Waals surface area (Å²) in [4.78, 5) is 11.5. The number of amides is 1. The van der Waals surface area contributed by atoms with Gasteiger partial charge in [-0.2, -0.15) is 5.26 Å². The van der Waals surface area contributed by atoms with Crippen molar-refractivity contribution in [2.24, 2.45) is 5.92 Å². The van der Waals surface area contributed by atoms with Gasteiger partial charge in [-0.25, -0.2) is 0 Å². The van der Waals surface area contributed by atoms with E-state index in [4.69, 9.17) is 16.9 Å². The first-order valence-corrected chi connectivity index (χ1v) is 5.56. The van der Waals surface area contributed by atoms with Gasteiger partial charge in [0.1, 0.15) is 0 Å². The second-order valence-corrected chi connectivity index (χ2v) is 4.41. The fourth-order valence-electron chi connectivity index (χ4n) is 1.47. The van der Waals surface area contributed by atoms with E-state index in [1.165, 1.54) is 0 Å². The van der Waals surface area contributed by atoms with Gasteiger partial charge in [-0.1, -0.05) is 11.6 Å². The molecule has 1 aromatic rings. The Kier molecular flexibility index (Phi) is 3.12. The molecule has 0 bridgehead atoms. The SMILES string of the molecule is N#Cc1ccc(NC(=O)CC2CC2)c(Cl)c1.